The standard InChI is InChI=1S/C22H30O12/c1-11(19(25)29-5)15(21(27)31-7)9-17(23)33-13(3)14(4)34-18(24)10-16(22(28)32-8)12(2)20(26)30-6/h13-16H,1-2,9-10H2,3-8H3. The van der Waals surface area contributed by atoms with Crippen LogP contribution in [0.15, 0.2) is 24.3 Å². The predicted octanol–water partition coefficient (Wildman–Crippen LogP) is 0.667. The molecule has 4 unspecified atom stereocenters. The number of carbonyl (C=O) groups excluding carboxylic acids is 6. The van der Waals surface area contributed by atoms with Gasteiger partial charge in [0.05, 0.1) is 53.1 Å². The van der Waals surface area contributed by atoms with E-state index < -0.39 is 72.7 Å². The molecule has 4 atom stereocenters. The summed E-state index contributed by atoms with van der Waals surface area (Å²) in [4.78, 5) is 71.8. The molecule has 0 saturated heterocycles. The molecule has 0 aliphatic carbocycles. The lowest BCUT2D eigenvalue weighted by Gasteiger charge is -2.23. The molecular weight excluding hydrogens is 456 g/mol. The summed E-state index contributed by atoms with van der Waals surface area (Å²) in [7, 11) is 4.32. The van der Waals surface area contributed by atoms with E-state index >= 15 is 0 Å². The van der Waals surface area contributed by atoms with Gasteiger partial charge in [0.15, 0.2) is 0 Å². The Morgan fingerprint density at radius 3 is 1.12 bits per heavy atom. The third kappa shape index (κ3) is 9.04. The molecule has 0 saturated carbocycles. The number of rotatable bonds is 13. The lowest BCUT2D eigenvalue weighted by Crippen LogP contribution is -2.34. The van der Waals surface area contributed by atoms with E-state index in [2.05, 4.69) is 32.1 Å². The number of esters is 6. The Kier molecular flexibility index (Phi) is 12.9. The van der Waals surface area contributed by atoms with E-state index in [0.717, 1.165) is 28.4 Å². The van der Waals surface area contributed by atoms with Crippen LogP contribution in [-0.2, 0) is 57.2 Å². The average Bonchev–Trinajstić information content (AvgIpc) is 2.82. The summed E-state index contributed by atoms with van der Waals surface area (Å²) in [6.45, 7) is 9.75. The summed E-state index contributed by atoms with van der Waals surface area (Å²) in [6, 6.07) is 0. The second-order valence-corrected chi connectivity index (χ2v) is 6.98. The lowest BCUT2D eigenvalue weighted by molar-refractivity contribution is -0.168. The van der Waals surface area contributed by atoms with Crippen LogP contribution in [0.5, 0.6) is 0 Å². The average molecular weight is 486 g/mol. The molecule has 0 aliphatic rings. The first-order chi connectivity index (χ1) is 15.8. The molecule has 0 aromatic carbocycles. The molecule has 0 radical (unpaired) electrons. The molecule has 0 spiro atoms. The van der Waals surface area contributed by atoms with Crippen LogP contribution in [-0.4, -0.2) is 76.5 Å². The van der Waals surface area contributed by atoms with Gasteiger partial charge in [-0.15, -0.1) is 0 Å². The summed E-state index contributed by atoms with van der Waals surface area (Å²) >= 11 is 0. The summed E-state index contributed by atoms with van der Waals surface area (Å²) in [5, 5.41) is 0. The first-order valence-electron chi connectivity index (χ1n) is 9.93. The first-order valence-corrected chi connectivity index (χ1v) is 9.93. The zero-order chi connectivity index (χ0) is 26.6. The molecule has 0 heterocycles. The molecule has 0 aromatic heterocycles. The molecule has 12 heteroatoms. The Bertz CT molecular complexity index is 760. The molecule has 34 heavy (non-hydrogen) atoms. The number of hydrogen-bond donors (Lipinski definition) is 0. The van der Waals surface area contributed by atoms with Crippen molar-refractivity contribution in [3.05, 3.63) is 24.3 Å². The molecule has 0 aromatic rings. The van der Waals surface area contributed by atoms with Gasteiger partial charge in [-0.25, -0.2) is 9.59 Å². The van der Waals surface area contributed by atoms with E-state index in [1.165, 1.54) is 13.8 Å². The van der Waals surface area contributed by atoms with E-state index in [9.17, 15) is 28.8 Å². The number of methoxy groups -OCH3 is 4. The van der Waals surface area contributed by atoms with E-state index in [-0.39, 0.29) is 11.1 Å². The first kappa shape index (κ1) is 30.3. The normalized spacial score (nSPS) is 13.7. The second kappa shape index (κ2) is 14.4. The van der Waals surface area contributed by atoms with Gasteiger partial charge in [0.1, 0.15) is 12.2 Å². The maximum Gasteiger partial charge on any atom is 0.334 e. The Labute approximate surface area is 197 Å². The highest BCUT2D eigenvalue weighted by atomic mass is 16.6. The van der Waals surface area contributed by atoms with Crippen LogP contribution in [0.4, 0.5) is 0 Å². The molecule has 190 valence electrons. The molecule has 0 amide bonds. The van der Waals surface area contributed by atoms with Gasteiger partial charge in [-0.1, -0.05) is 13.2 Å². The van der Waals surface area contributed by atoms with Crippen molar-refractivity contribution >= 4 is 35.8 Å². The lowest BCUT2D eigenvalue weighted by atomic mass is 9.97. The predicted molar refractivity (Wildman–Crippen MR) is 114 cm³/mol. The maximum atomic E-state index is 12.3. The largest absolute Gasteiger partial charge is 0.469 e. The van der Waals surface area contributed by atoms with E-state index in [4.69, 9.17) is 9.47 Å². The fraction of sp³-hybridized carbons (Fsp3) is 0.545. The molecule has 0 aliphatic heterocycles. The van der Waals surface area contributed by atoms with Crippen molar-refractivity contribution in [1.82, 2.24) is 0 Å². The van der Waals surface area contributed by atoms with Crippen LogP contribution in [0.2, 0.25) is 0 Å². The van der Waals surface area contributed by atoms with Gasteiger partial charge in [0.2, 0.25) is 0 Å². The molecule has 0 rings (SSSR count). The highest BCUT2D eigenvalue weighted by Gasteiger charge is 2.34. The van der Waals surface area contributed by atoms with Crippen LogP contribution >= 0.6 is 0 Å². The van der Waals surface area contributed by atoms with Gasteiger partial charge < -0.3 is 28.4 Å². The van der Waals surface area contributed by atoms with Gasteiger partial charge in [0, 0.05) is 11.1 Å². The monoisotopic (exact) mass is 486 g/mol. The van der Waals surface area contributed by atoms with E-state index in [0.29, 0.717) is 0 Å². The van der Waals surface area contributed by atoms with Crippen molar-refractivity contribution in [2.75, 3.05) is 28.4 Å². The highest BCUT2D eigenvalue weighted by molar-refractivity contribution is 5.97. The Balaban J connectivity index is 5.13. The van der Waals surface area contributed by atoms with Crippen LogP contribution < -0.4 is 0 Å². The van der Waals surface area contributed by atoms with E-state index in [1.54, 1.807) is 0 Å². The summed E-state index contributed by atoms with van der Waals surface area (Å²) < 4.78 is 28.5. The van der Waals surface area contributed by atoms with Crippen LogP contribution in [0.1, 0.15) is 26.7 Å². The topological polar surface area (TPSA) is 158 Å². The Morgan fingerprint density at radius 2 is 0.882 bits per heavy atom. The highest BCUT2D eigenvalue weighted by Crippen LogP contribution is 2.21. The smallest absolute Gasteiger partial charge is 0.334 e. The Hall–Kier alpha value is -3.70. The van der Waals surface area contributed by atoms with Crippen molar-refractivity contribution in [2.45, 2.75) is 38.9 Å². The van der Waals surface area contributed by atoms with Crippen molar-refractivity contribution < 1.29 is 57.2 Å². The fourth-order valence-electron chi connectivity index (χ4n) is 2.56. The zero-order valence-electron chi connectivity index (χ0n) is 20.0. The van der Waals surface area contributed by atoms with Crippen molar-refractivity contribution in [3.63, 3.8) is 0 Å². The van der Waals surface area contributed by atoms with Crippen LogP contribution in [0, 0.1) is 11.8 Å². The third-order valence-electron chi connectivity index (χ3n) is 4.75. The molecular formula is C22H30O12. The molecule has 0 bridgehead atoms. The minimum absolute atomic E-state index is 0.293. The summed E-state index contributed by atoms with van der Waals surface area (Å²) in [6.07, 6.45) is -3.12. The minimum Gasteiger partial charge on any atom is -0.469 e. The van der Waals surface area contributed by atoms with Gasteiger partial charge >= 0.3 is 35.8 Å². The van der Waals surface area contributed by atoms with E-state index in [1.807, 2.05) is 0 Å². The SMILES string of the molecule is C=C(C(=O)OC)C(CC(=O)OC(C)C(C)OC(=O)CC(C(=C)C(=O)OC)C(=O)OC)C(=O)OC. The van der Waals surface area contributed by atoms with Crippen molar-refractivity contribution in [1.29, 1.82) is 0 Å². The minimum atomic E-state index is -1.33. The number of hydrogen-bond acceptors (Lipinski definition) is 12. The number of ether oxygens (including phenoxy) is 6. The van der Waals surface area contributed by atoms with Crippen LogP contribution in [0.3, 0.4) is 0 Å². The number of carbonyl (C=O) groups is 6. The quantitative estimate of drug-likeness (QED) is 0.204. The van der Waals surface area contributed by atoms with Crippen LogP contribution in [0.25, 0.3) is 0 Å². The Morgan fingerprint density at radius 1 is 0.588 bits per heavy atom. The zero-order valence-corrected chi connectivity index (χ0v) is 20.0. The summed E-state index contributed by atoms with van der Waals surface area (Å²) in [5.41, 5.74) is -0.587. The van der Waals surface area contributed by atoms with Crippen molar-refractivity contribution in [3.8, 4) is 0 Å². The van der Waals surface area contributed by atoms with Gasteiger partial charge in [-0.3, -0.25) is 19.2 Å². The fourth-order valence-corrected chi connectivity index (χ4v) is 2.56. The second-order valence-electron chi connectivity index (χ2n) is 6.98. The third-order valence-corrected chi connectivity index (χ3v) is 4.75. The van der Waals surface area contributed by atoms with Gasteiger partial charge in [-0.2, -0.15) is 0 Å². The molecule has 0 fully saturated rings. The van der Waals surface area contributed by atoms with Gasteiger partial charge in [-0.05, 0) is 13.8 Å². The van der Waals surface area contributed by atoms with Gasteiger partial charge in [0.25, 0.3) is 0 Å². The van der Waals surface area contributed by atoms with Crippen molar-refractivity contribution in [2.24, 2.45) is 11.8 Å². The molecule has 0 N–H and O–H groups in total. The summed E-state index contributed by atoms with van der Waals surface area (Å²) in [5.74, 6) is -8.04. The molecule has 12 nitrogen and oxygen atoms in total. The maximum absolute atomic E-state index is 12.3.